The third-order valence-electron chi connectivity index (χ3n) is 4.28. The number of carboxylic acids is 1. The number of nitrogens with zero attached hydrogens (tertiary/aromatic N) is 2. The Bertz CT molecular complexity index is 823. The van der Waals surface area contributed by atoms with Gasteiger partial charge in [-0.1, -0.05) is 6.42 Å². The number of carbonyl (C=O) groups is 2. The second-order valence-corrected chi connectivity index (χ2v) is 8.28. The molecule has 1 aliphatic rings. The van der Waals surface area contributed by atoms with E-state index >= 15 is 0 Å². The average Bonchev–Trinajstić information content (AvgIpc) is 2.61. The highest BCUT2D eigenvalue weighted by Crippen LogP contribution is 2.26. The second kappa shape index (κ2) is 8.44. The summed E-state index contributed by atoms with van der Waals surface area (Å²) in [7, 11) is -4.02. The zero-order valence-corrected chi connectivity index (χ0v) is 15.5. The zero-order valence-electron chi connectivity index (χ0n) is 14.7. The molecule has 1 aromatic rings. The van der Waals surface area contributed by atoms with Gasteiger partial charge in [-0.15, -0.1) is 0 Å². The first-order chi connectivity index (χ1) is 12.6. The molecule has 2 N–H and O–H groups in total. The van der Waals surface area contributed by atoms with Gasteiger partial charge in [0.15, 0.2) is 0 Å². The summed E-state index contributed by atoms with van der Waals surface area (Å²) in [5, 5.41) is 22.1. The number of nitrogens with one attached hydrogen (secondary N) is 1. The van der Waals surface area contributed by atoms with Crippen LogP contribution in [0.3, 0.4) is 0 Å². The third-order valence-corrected chi connectivity index (χ3v) is 6.20. The van der Waals surface area contributed by atoms with Gasteiger partial charge in [0, 0.05) is 24.7 Å². The minimum absolute atomic E-state index is 0.133. The summed E-state index contributed by atoms with van der Waals surface area (Å²) in [6, 6.07) is 2.90. The molecule has 10 nitrogen and oxygen atoms in total. The van der Waals surface area contributed by atoms with Crippen molar-refractivity contribution < 1.29 is 28.0 Å². The molecule has 11 heteroatoms. The fourth-order valence-electron chi connectivity index (χ4n) is 2.98. The Balaban J connectivity index is 2.23. The molecule has 0 aromatic heterocycles. The lowest BCUT2D eigenvalue weighted by molar-refractivity contribution is -0.384. The monoisotopic (exact) mass is 399 g/mol. The highest BCUT2D eigenvalue weighted by atomic mass is 32.2. The Morgan fingerprint density at radius 1 is 1.33 bits per heavy atom. The third kappa shape index (κ3) is 5.01. The topological polar surface area (TPSA) is 147 Å². The average molecular weight is 399 g/mol. The van der Waals surface area contributed by atoms with Crippen molar-refractivity contribution >= 4 is 27.6 Å². The maximum Gasteiger partial charge on any atom is 0.305 e. The fraction of sp³-hybridized carbons (Fsp3) is 0.500. The highest BCUT2D eigenvalue weighted by Gasteiger charge is 2.38. The van der Waals surface area contributed by atoms with Crippen LogP contribution in [0.25, 0.3) is 0 Å². The van der Waals surface area contributed by atoms with Crippen LogP contribution in [0.1, 0.15) is 32.6 Å². The Morgan fingerprint density at radius 2 is 1.96 bits per heavy atom. The van der Waals surface area contributed by atoms with Crippen molar-refractivity contribution in [3.63, 3.8) is 0 Å². The van der Waals surface area contributed by atoms with E-state index in [9.17, 15) is 28.1 Å². The molecule has 1 amide bonds. The molecule has 2 atom stereocenters. The van der Waals surface area contributed by atoms with Crippen LogP contribution in [-0.2, 0) is 19.6 Å². The molecular weight excluding hydrogens is 378 g/mol. The summed E-state index contributed by atoms with van der Waals surface area (Å²) in [6.07, 6.45) is 1.30. The van der Waals surface area contributed by atoms with Crippen LogP contribution >= 0.6 is 0 Å². The number of non-ortho nitro benzene ring substituents is 1. The van der Waals surface area contributed by atoms with E-state index in [-0.39, 0.29) is 23.5 Å². The highest BCUT2D eigenvalue weighted by molar-refractivity contribution is 7.89. The van der Waals surface area contributed by atoms with Gasteiger partial charge in [-0.2, -0.15) is 4.31 Å². The van der Waals surface area contributed by atoms with E-state index in [4.69, 9.17) is 5.11 Å². The van der Waals surface area contributed by atoms with Crippen LogP contribution in [-0.4, -0.2) is 53.3 Å². The first-order valence-electron chi connectivity index (χ1n) is 8.41. The number of benzene rings is 1. The van der Waals surface area contributed by atoms with Crippen LogP contribution in [0.5, 0.6) is 0 Å². The van der Waals surface area contributed by atoms with Crippen molar-refractivity contribution in [2.45, 2.75) is 49.6 Å². The van der Waals surface area contributed by atoms with E-state index in [0.717, 1.165) is 28.6 Å². The number of hydrogen-bond donors (Lipinski definition) is 2. The molecule has 1 aromatic carbocycles. The molecule has 0 aliphatic carbocycles. The Labute approximate surface area is 156 Å². The van der Waals surface area contributed by atoms with Gasteiger partial charge in [0.2, 0.25) is 15.9 Å². The van der Waals surface area contributed by atoms with E-state index in [0.29, 0.717) is 19.3 Å². The van der Waals surface area contributed by atoms with Crippen molar-refractivity contribution in [3.8, 4) is 0 Å². The van der Waals surface area contributed by atoms with Crippen molar-refractivity contribution in [3.05, 3.63) is 34.4 Å². The molecule has 2 rings (SSSR count). The quantitative estimate of drug-likeness (QED) is 0.516. The summed E-state index contributed by atoms with van der Waals surface area (Å²) in [6.45, 7) is 1.68. The Morgan fingerprint density at radius 3 is 2.52 bits per heavy atom. The van der Waals surface area contributed by atoms with Gasteiger partial charge in [-0.25, -0.2) is 8.42 Å². The molecule has 148 valence electrons. The summed E-state index contributed by atoms with van der Waals surface area (Å²) < 4.78 is 26.9. The first-order valence-corrected chi connectivity index (χ1v) is 9.85. The largest absolute Gasteiger partial charge is 0.481 e. The van der Waals surface area contributed by atoms with Gasteiger partial charge in [0.25, 0.3) is 5.69 Å². The number of amides is 1. The number of carbonyl (C=O) groups excluding carboxylic acids is 1. The van der Waals surface area contributed by atoms with Gasteiger partial charge >= 0.3 is 5.97 Å². The van der Waals surface area contributed by atoms with Crippen molar-refractivity contribution in [2.75, 3.05) is 6.54 Å². The van der Waals surface area contributed by atoms with Gasteiger partial charge in [-0.05, 0) is 31.9 Å². The maximum absolute atomic E-state index is 12.9. The van der Waals surface area contributed by atoms with Gasteiger partial charge in [0.1, 0.15) is 6.04 Å². The van der Waals surface area contributed by atoms with E-state index in [1.807, 2.05) is 0 Å². The maximum atomic E-state index is 12.9. The number of rotatable bonds is 7. The van der Waals surface area contributed by atoms with E-state index < -0.39 is 38.9 Å². The molecule has 0 radical (unpaired) electrons. The summed E-state index contributed by atoms with van der Waals surface area (Å²) >= 11 is 0. The second-order valence-electron chi connectivity index (χ2n) is 6.39. The first kappa shape index (κ1) is 20.8. The molecule has 0 saturated carbocycles. The smallest absolute Gasteiger partial charge is 0.305 e. The minimum Gasteiger partial charge on any atom is -0.481 e. The summed E-state index contributed by atoms with van der Waals surface area (Å²) in [5.74, 6) is -1.62. The predicted octanol–water partition coefficient (Wildman–Crippen LogP) is 1.12. The SMILES string of the molecule is CC(CC(=O)O)NC(=O)C1CCCCN1S(=O)(=O)c1ccc([N+](=O)[O-])cc1. The molecule has 1 fully saturated rings. The number of nitro benzene ring substituents is 1. The molecular formula is C16H21N3O7S. The Hall–Kier alpha value is -2.53. The fourth-order valence-corrected chi connectivity index (χ4v) is 4.64. The zero-order chi connectivity index (χ0) is 20.2. The van der Waals surface area contributed by atoms with Gasteiger partial charge in [0.05, 0.1) is 16.2 Å². The lowest BCUT2D eigenvalue weighted by Crippen LogP contribution is -2.53. The summed E-state index contributed by atoms with van der Waals surface area (Å²) in [4.78, 5) is 33.2. The van der Waals surface area contributed by atoms with Crippen molar-refractivity contribution in [2.24, 2.45) is 0 Å². The van der Waals surface area contributed by atoms with Crippen molar-refractivity contribution in [1.29, 1.82) is 0 Å². The number of carboxylic acid groups (broad SMARTS) is 1. The molecule has 0 bridgehead atoms. The molecule has 1 aliphatic heterocycles. The lowest BCUT2D eigenvalue weighted by Gasteiger charge is -2.34. The van der Waals surface area contributed by atoms with Crippen LogP contribution in [0.2, 0.25) is 0 Å². The standard InChI is InChI=1S/C16H21N3O7S/c1-11(10-15(20)21)17-16(22)14-4-2-3-9-18(14)27(25,26)13-7-5-12(6-8-13)19(23)24/h5-8,11,14H,2-4,9-10H2,1H3,(H,17,22)(H,20,21). The number of hydrogen-bond acceptors (Lipinski definition) is 6. The van der Waals surface area contributed by atoms with E-state index in [1.165, 1.54) is 6.92 Å². The molecule has 1 heterocycles. The van der Waals surface area contributed by atoms with Gasteiger partial charge in [-0.3, -0.25) is 19.7 Å². The van der Waals surface area contributed by atoms with Crippen LogP contribution in [0.4, 0.5) is 5.69 Å². The normalized spacial score (nSPS) is 19.2. The van der Waals surface area contributed by atoms with E-state index in [2.05, 4.69) is 5.32 Å². The van der Waals surface area contributed by atoms with E-state index in [1.54, 1.807) is 0 Å². The number of nitro groups is 1. The van der Waals surface area contributed by atoms with Crippen LogP contribution < -0.4 is 5.32 Å². The van der Waals surface area contributed by atoms with Crippen LogP contribution in [0, 0.1) is 10.1 Å². The summed E-state index contributed by atoms with van der Waals surface area (Å²) in [5.41, 5.74) is -0.232. The Kier molecular flexibility index (Phi) is 6.50. The van der Waals surface area contributed by atoms with Crippen molar-refractivity contribution in [1.82, 2.24) is 9.62 Å². The number of piperidine rings is 1. The molecule has 27 heavy (non-hydrogen) atoms. The van der Waals surface area contributed by atoms with Crippen LogP contribution in [0.15, 0.2) is 29.2 Å². The molecule has 0 spiro atoms. The predicted molar refractivity (Wildman–Crippen MR) is 94.5 cm³/mol. The molecule has 2 unspecified atom stereocenters. The minimum atomic E-state index is -4.02. The van der Waals surface area contributed by atoms with Gasteiger partial charge < -0.3 is 10.4 Å². The number of sulfonamides is 1. The molecule has 1 saturated heterocycles. The lowest BCUT2D eigenvalue weighted by atomic mass is 10.0. The number of aliphatic carboxylic acids is 1.